The van der Waals surface area contributed by atoms with Crippen molar-refractivity contribution in [1.82, 2.24) is 25.3 Å². The molecule has 2 N–H and O–H groups in total. The molecule has 1 amide bonds. The summed E-state index contributed by atoms with van der Waals surface area (Å²) in [6.45, 7) is 4.37. The number of nitro groups is 1. The van der Waals surface area contributed by atoms with E-state index in [4.69, 9.17) is 0 Å². The largest absolute Gasteiger partial charge is 0.350 e. The van der Waals surface area contributed by atoms with Crippen LogP contribution in [0.3, 0.4) is 0 Å². The van der Waals surface area contributed by atoms with Gasteiger partial charge in [-0.3, -0.25) is 24.7 Å². The van der Waals surface area contributed by atoms with Crippen molar-refractivity contribution in [3.63, 3.8) is 0 Å². The predicted molar refractivity (Wildman–Crippen MR) is 78.6 cm³/mol. The van der Waals surface area contributed by atoms with Crippen LogP contribution in [0, 0.1) is 24.0 Å². The molecule has 2 rings (SSSR count). The molecule has 0 aliphatic carbocycles. The van der Waals surface area contributed by atoms with E-state index in [1.165, 1.54) is 5.56 Å². The van der Waals surface area contributed by atoms with Gasteiger partial charge in [0.1, 0.15) is 6.20 Å². The van der Waals surface area contributed by atoms with Gasteiger partial charge in [0, 0.05) is 19.3 Å². The van der Waals surface area contributed by atoms with E-state index in [1.54, 1.807) is 0 Å². The fourth-order valence-electron chi connectivity index (χ4n) is 2.32. The second-order valence-corrected chi connectivity index (χ2v) is 5.02. The highest BCUT2D eigenvalue weighted by Crippen LogP contribution is 2.15. The average molecular weight is 306 g/mol. The summed E-state index contributed by atoms with van der Waals surface area (Å²) in [6.07, 6.45) is 2.54. The number of hydrogen-bond donors (Lipinski definition) is 2. The molecule has 0 atom stereocenters. The highest BCUT2D eigenvalue weighted by molar-refractivity contribution is 5.95. The molecule has 2 heterocycles. The maximum atomic E-state index is 11.9. The van der Waals surface area contributed by atoms with Gasteiger partial charge < -0.3 is 5.32 Å². The Morgan fingerprint density at radius 3 is 2.82 bits per heavy atom. The zero-order valence-electron chi connectivity index (χ0n) is 12.7. The topological polar surface area (TPSA) is 119 Å². The average Bonchev–Trinajstić information content (AvgIpc) is 3.03. The third kappa shape index (κ3) is 3.13. The molecule has 9 heteroatoms. The number of aromatic amines is 1. The van der Waals surface area contributed by atoms with Crippen molar-refractivity contribution in [2.45, 2.75) is 26.7 Å². The molecule has 2 aromatic rings. The normalized spacial score (nSPS) is 10.7. The lowest BCUT2D eigenvalue weighted by molar-refractivity contribution is -0.385. The van der Waals surface area contributed by atoms with Gasteiger partial charge in [-0.1, -0.05) is 0 Å². The molecule has 0 aromatic carbocycles. The van der Waals surface area contributed by atoms with Crippen LogP contribution in [-0.2, 0) is 13.5 Å². The van der Waals surface area contributed by atoms with Gasteiger partial charge in [0.15, 0.2) is 0 Å². The van der Waals surface area contributed by atoms with Crippen molar-refractivity contribution in [2.75, 3.05) is 6.54 Å². The molecule has 0 aliphatic rings. The van der Waals surface area contributed by atoms with Gasteiger partial charge in [0.25, 0.3) is 5.91 Å². The molecular formula is C13H18N6O3. The van der Waals surface area contributed by atoms with Crippen molar-refractivity contribution in [3.8, 4) is 0 Å². The zero-order chi connectivity index (χ0) is 16.3. The summed E-state index contributed by atoms with van der Waals surface area (Å²) in [7, 11) is 1.89. The van der Waals surface area contributed by atoms with Crippen LogP contribution in [0.1, 0.15) is 33.9 Å². The fraction of sp³-hybridized carbons (Fsp3) is 0.462. The Kier molecular flexibility index (Phi) is 4.54. The first-order chi connectivity index (χ1) is 10.4. The van der Waals surface area contributed by atoms with E-state index in [1.807, 2.05) is 25.6 Å². The maximum Gasteiger partial charge on any atom is 0.319 e. The van der Waals surface area contributed by atoms with Gasteiger partial charge in [-0.15, -0.1) is 0 Å². The van der Waals surface area contributed by atoms with Gasteiger partial charge in [-0.05, 0) is 32.3 Å². The van der Waals surface area contributed by atoms with Gasteiger partial charge in [0.2, 0.25) is 5.69 Å². The number of nitrogens with zero attached hydrogens (tertiary/aromatic N) is 4. The number of amides is 1. The molecule has 0 unspecified atom stereocenters. The lowest BCUT2D eigenvalue weighted by Crippen LogP contribution is -2.25. The summed E-state index contributed by atoms with van der Waals surface area (Å²) in [6, 6.07) is 0. The number of nitrogens with one attached hydrogen (secondary N) is 2. The molecule has 2 aromatic heterocycles. The molecule has 22 heavy (non-hydrogen) atoms. The molecule has 118 valence electrons. The minimum atomic E-state index is -0.638. The van der Waals surface area contributed by atoms with Gasteiger partial charge >= 0.3 is 5.69 Å². The van der Waals surface area contributed by atoms with E-state index >= 15 is 0 Å². The molecule has 0 aliphatic heterocycles. The first kappa shape index (κ1) is 15.7. The first-order valence-corrected chi connectivity index (χ1v) is 6.86. The zero-order valence-corrected chi connectivity index (χ0v) is 12.7. The molecule has 0 bridgehead atoms. The monoisotopic (exact) mass is 306 g/mol. The number of carbonyl (C=O) groups is 1. The summed E-state index contributed by atoms with van der Waals surface area (Å²) >= 11 is 0. The van der Waals surface area contributed by atoms with Crippen LogP contribution in [0.2, 0.25) is 0 Å². The first-order valence-electron chi connectivity index (χ1n) is 6.86. The van der Waals surface area contributed by atoms with Crippen LogP contribution < -0.4 is 5.32 Å². The van der Waals surface area contributed by atoms with Crippen molar-refractivity contribution < 1.29 is 9.72 Å². The summed E-state index contributed by atoms with van der Waals surface area (Å²) < 4.78 is 1.83. The molecule has 0 radical (unpaired) electrons. The van der Waals surface area contributed by atoms with E-state index < -0.39 is 10.8 Å². The summed E-state index contributed by atoms with van der Waals surface area (Å²) in [5, 5.41) is 23.6. The summed E-state index contributed by atoms with van der Waals surface area (Å²) in [5.41, 5.74) is 2.81. The Morgan fingerprint density at radius 2 is 2.23 bits per heavy atom. The molecule has 0 spiro atoms. The lowest BCUT2D eigenvalue weighted by Gasteiger charge is -2.04. The molecule has 0 saturated heterocycles. The number of H-pyrrole nitrogens is 1. The summed E-state index contributed by atoms with van der Waals surface area (Å²) in [5.74, 6) is -0.524. The van der Waals surface area contributed by atoms with Gasteiger partial charge in [-0.2, -0.15) is 10.2 Å². The number of carbonyl (C=O) groups excluding carboxylic acids is 1. The lowest BCUT2D eigenvalue weighted by atomic mass is 10.1. The number of aromatic nitrogens is 4. The quantitative estimate of drug-likeness (QED) is 0.469. The van der Waals surface area contributed by atoms with E-state index in [9.17, 15) is 14.9 Å². The van der Waals surface area contributed by atoms with Gasteiger partial charge in [0.05, 0.1) is 10.6 Å². The van der Waals surface area contributed by atoms with E-state index in [0.717, 1.165) is 30.4 Å². The molecule has 9 nitrogen and oxygen atoms in total. The second kappa shape index (κ2) is 6.37. The van der Waals surface area contributed by atoms with Crippen molar-refractivity contribution >= 4 is 11.6 Å². The Morgan fingerprint density at radius 1 is 1.50 bits per heavy atom. The number of rotatable bonds is 6. The van der Waals surface area contributed by atoms with Crippen LogP contribution in [0.15, 0.2) is 6.20 Å². The minimum absolute atomic E-state index is 0.126. The van der Waals surface area contributed by atoms with E-state index in [2.05, 4.69) is 20.6 Å². The van der Waals surface area contributed by atoms with Crippen LogP contribution in [0.5, 0.6) is 0 Å². The highest BCUT2D eigenvalue weighted by Gasteiger charge is 2.22. The van der Waals surface area contributed by atoms with Crippen LogP contribution in [0.4, 0.5) is 5.69 Å². The third-order valence-electron chi connectivity index (χ3n) is 3.59. The minimum Gasteiger partial charge on any atom is -0.350 e. The fourth-order valence-corrected chi connectivity index (χ4v) is 2.32. The summed E-state index contributed by atoms with van der Waals surface area (Å²) in [4.78, 5) is 22.0. The molecular weight excluding hydrogens is 288 g/mol. The van der Waals surface area contributed by atoms with Crippen molar-refractivity contribution in [2.24, 2.45) is 7.05 Å². The van der Waals surface area contributed by atoms with E-state index in [0.29, 0.717) is 6.54 Å². The highest BCUT2D eigenvalue weighted by atomic mass is 16.6. The van der Waals surface area contributed by atoms with Crippen LogP contribution in [-0.4, -0.2) is 37.4 Å². The van der Waals surface area contributed by atoms with Gasteiger partial charge in [-0.25, -0.2) is 0 Å². The van der Waals surface area contributed by atoms with Crippen molar-refractivity contribution in [1.29, 1.82) is 0 Å². The van der Waals surface area contributed by atoms with Crippen LogP contribution >= 0.6 is 0 Å². The number of hydrogen-bond acceptors (Lipinski definition) is 5. The Balaban J connectivity index is 1.87. The standard InChI is InChI=1S/C13H18N6O3/c1-8-10(9(2)18(3)17-8)5-4-6-14-13(20)12-11(19(21)22)7-15-16-12/h7H,4-6H2,1-3H3,(H,14,20)(H,15,16). The Bertz CT molecular complexity index is 703. The predicted octanol–water partition coefficient (Wildman–Crippen LogP) is 1.03. The SMILES string of the molecule is Cc1nn(C)c(C)c1CCCNC(=O)c1[nH]ncc1[N+](=O)[O-]. The Labute approximate surface area is 126 Å². The van der Waals surface area contributed by atoms with E-state index in [-0.39, 0.29) is 11.4 Å². The smallest absolute Gasteiger partial charge is 0.319 e. The second-order valence-electron chi connectivity index (χ2n) is 5.02. The maximum absolute atomic E-state index is 11.9. The molecule has 0 fully saturated rings. The molecule has 0 saturated carbocycles. The van der Waals surface area contributed by atoms with Crippen LogP contribution in [0.25, 0.3) is 0 Å². The van der Waals surface area contributed by atoms with Crippen molar-refractivity contribution in [3.05, 3.63) is 39.0 Å². The third-order valence-corrected chi connectivity index (χ3v) is 3.59. The Hall–Kier alpha value is -2.71. The number of aryl methyl sites for hydroxylation is 2.